The third-order valence-corrected chi connectivity index (χ3v) is 3.30. The molecule has 2 aromatic rings. The SMILES string of the molecule is O=C=O.[C-]#[N+]c1ccc(Oc2ccc3c(c2)COB3O)cc1C. The summed E-state index contributed by atoms with van der Waals surface area (Å²) in [5, 5.41) is 9.56. The Morgan fingerprint density at radius 1 is 1.26 bits per heavy atom. The van der Waals surface area contributed by atoms with Gasteiger partial charge in [-0.1, -0.05) is 12.1 Å². The predicted octanol–water partition coefficient (Wildman–Crippen LogP) is 1.97. The molecule has 1 N–H and O–H groups in total. The number of fused-ring (bicyclic) bond motifs is 1. The van der Waals surface area contributed by atoms with Crippen LogP contribution in [0.3, 0.4) is 0 Å². The molecule has 3 rings (SSSR count). The molecule has 6 nitrogen and oxygen atoms in total. The first-order valence-electron chi connectivity index (χ1n) is 6.66. The molecule has 0 unspecified atom stereocenters. The molecule has 0 fully saturated rings. The van der Waals surface area contributed by atoms with Gasteiger partial charge >= 0.3 is 13.3 Å². The smallest absolute Gasteiger partial charge is 0.457 e. The zero-order valence-electron chi connectivity index (χ0n) is 12.3. The van der Waals surface area contributed by atoms with E-state index in [2.05, 4.69) is 4.85 Å². The highest BCUT2D eigenvalue weighted by molar-refractivity contribution is 6.61. The summed E-state index contributed by atoms with van der Waals surface area (Å²) in [5.74, 6) is 1.38. The summed E-state index contributed by atoms with van der Waals surface area (Å²) in [5.41, 5.74) is 3.24. The molecule has 1 aliphatic heterocycles. The lowest BCUT2D eigenvalue weighted by Gasteiger charge is -2.08. The average molecular weight is 309 g/mol. The van der Waals surface area contributed by atoms with Gasteiger partial charge in [0, 0.05) is 0 Å². The fourth-order valence-corrected chi connectivity index (χ4v) is 2.22. The summed E-state index contributed by atoms with van der Waals surface area (Å²) < 4.78 is 10.9. The highest BCUT2D eigenvalue weighted by Gasteiger charge is 2.27. The number of nitrogens with zero attached hydrogens (tertiary/aromatic N) is 1. The number of carbonyl (C=O) groups excluding carboxylic acids is 2. The third kappa shape index (κ3) is 3.85. The van der Waals surface area contributed by atoms with Crippen LogP contribution in [0.15, 0.2) is 36.4 Å². The molecule has 1 aliphatic rings. The second-order valence-electron chi connectivity index (χ2n) is 4.77. The molecular weight excluding hydrogens is 297 g/mol. The van der Waals surface area contributed by atoms with Gasteiger partial charge in [-0.05, 0) is 47.8 Å². The first kappa shape index (κ1) is 16.5. The summed E-state index contributed by atoms with van der Waals surface area (Å²) >= 11 is 0. The van der Waals surface area contributed by atoms with E-state index in [0.717, 1.165) is 16.6 Å². The fraction of sp³-hybridized carbons (Fsp3) is 0.125. The van der Waals surface area contributed by atoms with E-state index in [1.165, 1.54) is 0 Å². The van der Waals surface area contributed by atoms with Crippen LogP contribution in [0, 0.1) is 13.5 Å². The van der Waals surface area contributed by atoms with Crippen LogP contribution in [-0.4, -0.2) is 18.3 Å². The van der Waals surface area contributed by atoms with Crippen LogP contribution >= 0.6 is 0 Å². The Kier molecular flexibility index (Phi) is 5.29. The highest BCUT2D eigenvalue weighted by atomic mass is 16.5. The minimum absolute atomic E-state index is 0.250. The molecule has 0 spiro atoms. The van der Waals surface area contributed by atoms with Crippen molar-refractivity contribution in [1.82, 2.24) is 0 Å². The maximum Gasteiger partial charge on any atom is 0.491 e. The van der Waals surface area contributed by atoms with Crippen LogP contribution in [0.1, 0.15) is 11.1 Å². The summed E-state index contributed by atoms with van der Waals surface area (Å²) in [4.78, 5) is 19.7. The lowest BCUT2D eigenvalue weighted by molar-refractivity contribution is -0.191. The van der Waals surface area contributed by atoms with Crippen LogP contribution < -0.4 is 10.2 Å². The zero-order valence-corrected chi connectivity index (χ0v) is 12.3. The molecule has 0 atom stereocenters. The van der Waals surface area contributed by atoms with E-state index in [1.54, 1.807) is 18.2 Å². The number of ether oxygens (including phenoxy) is 1. The van der Waals surface area contributed by atoms with Gasteiger partial charge in [0.1, 0.15) is 11.5 Å². The van der Waals surface area contributed by atoms with Gasteiger partial charge in [0.15, 0.2) is 5.69 Å². The highest BCUT2D eigenvalue weighted by Crippen LogP contribution is 2.28. The Hall–Kier alpha value is -2.91. The van der Waals surface area contributed by atoms with Gasteiger partial charge < -0.3 is 14.4 Å². The Morgan fingerprint density at radius 2 is 1.91 bits per heavy atom. The molecule has 0 bridgehead atoms. The van der Waals surface area contributed by atoms with E-state index in [1.807, 2.05) is 25.1 Å². The van der Waals surface area contributed by atoms with E-state index >= 15 is 0 Å². The van der Waals surface area contributed by atoms with Gasteiger partial charge in [-0.15, -0.1) is 0 Å². The van der Waals surface area contributed by atoms with Crippen molar-refractivity contribution >= 4 is 24.4 Å². The van der Waals surface area contributed by atoms with Crippen LogP contribution in [0.25, 0.3) is 4.85 Å². The average Bonchev–Trinajstić information content (AvgIpc) is 2.89. The molecule has 7 heteroatoms. The van der Waals surface area contributed by atoms with Crippen LogP contribution in [0.5, 0.6) is 11.5 Å². The van der Waals surface area contributed by atoms with Crippen molar-refractivity contribution in [2.45, 2.75) is 13.5 Å². The summed E-state index contributed by atoms with van der Waals surface area (Å²) in [6, 6.07) is 10.8. The quantitative estimate of drug-likeness (QED) is 0.678. The largest absolute Gasteiger partial charge is 0.491 e. The molecule has 114 valence electrons. The van der Waals surface area contributed by atoms with Crippen LogP contribution in [0.2, 0.25) is 0 Å². The number of rotatable bonds is 2. The minimum Gasteiger partial charge on any atom is -0.457 e. The maximum absolute atomic E-state index is 9.56. The van der Waals surface area contributed by atoms with Crippen molar-refractivity contribution in [2.75, 3.05) is 0 Å². The molecule has 2 aromatic carbocycles. The first-order valence-corrected chi connectivity index (χ1v) is 6.66. The first-order chi connectivity index (χ1) is 11.1. The van der Waals surface area contributed by atoms with E-state index in [9.17, 15) is 5.02 Å². The monoisotopic (exact) mass is 309 g/mol. The molecular formula is C16H12BNO5. The molecule has 1 heterocycles. The molecule has 23 heavy (non-hydrogen) atoms. The number of hydrogen-bond donors (Lipinski definition) is 1. The molecule has 0 aromatic heterocycles. The summed E-state index contributed by atoms with van der Waals surface area (Å²) in [6.07, 6.45) is 0.250. The second kappa shape index (κ2) is 7.39. The minimum atomic E-state index is -0.834. The number of benzene rings is 2. The third-order valence-electron chi connectivity index (χ3n) is 3.30. The Balaban J connectivity index is 0.000000595. The predicted molar refractivity (Wildman–Crippen MR) is 81.4 cm³/mol. The fourth-order valence-electron chi connectivity index (χ4n) is 2.22. The van der Waals surface area contributed by atoms with Gasteiger partial charge in [-0.25, -0.2) is 4.85 Å². The molecule has 0 amide bonds. The van der Waals surface area contributed by atoms with Crippen molar-refractivity contribution in [1.29, 1.82) is 0 Å². The van der Waals surface area contributed by atoms with E-state index in [4.69, 9.17) is 25.6 Å². The summed E-state index contributed by atoms with van der Waals surface area (Å²) in [6.45, 7) is 9.30. The second-order valence-corrected chi connectivity index (χ2v) is 4.77. The van der Waals surface area contributed by atoms with Crippen LogP contribution in [-0.2, 0) is 20.9 Å². The lowest BCUT2D eigenvalue weighted by Crippen LogP contribution is -2.27. The lowest BCUT2D eigenvalue weighted by atomic mass is 9.80. The van der Waals surface area contributed by atoms with Crippen molar-refractivity contribution in [3.8, 4) is 11.5 Å². The maximum atomic E-state index is 9.56. The van der Waals surface area contributed by atoms with Crippen molar-refractivity contribution in [2.24, 2.45) is 0 Å². The zero-order chi connectivity index (χ0) is 16.8. The van der Waals surface area contributed by atoms with E-state index in [0.29, 0.717) is 23.8 Å². The molecule has 0 saturated heterocycles. The van der Waals surface area contributed by atoms with Gasteiger partial charge in [-0.2, -0.15) is 9.59 Å². The molecule has 0 radical (unpaired) electrons. The van der Waals surface area contributed by atoms with Crippen molar-refractivity contribution < 1.29 is 24.0 Å². The Bertz CT molecular complexity index is 794. The van der Waals surface area contributed by atoms with E-state index < -0.39 is 7.12 Å². The van der Waals surface area contributed by atoms with Gasteiger partial charge in [0.05, 0.1) is 13.2 Å². The van der Waals surface area contributed by atoms with Crippen molar-refractivity contribution in [3.63, 3.8) is 0 Å². The normalized spacial score (nSPS) is 11.6. The standard InChI is InChI=1S/C15H12BNO3.CO2/c1-10-7-12(4-6-15(10)17-2)20-13-3-5-14-11(8-13)9-19-16(14)18;2-1-3/h3-8,18H,9H2,1H3;. The van der Waals surface area contributed by atoms with Gasteiger partial charge in [0.25, 0.3) is 0 Å². The van der Waals surface area contributed by atoms with Crippen LogP contribution in [0.4, 0.5) is 5.69 Å². The van der Waals surface area contributed by atoms with E-state index in [-0.39, 0.29) is 6.15 Å². The van der Waals surface area contributed by atoms with Gasteiger partial charge in [-0.3, -0.25) is 0 Å². The number of aryl methyl sites for hydroxylation is 1. The Morgan fingerprint density at radius 3 is 2.57 bits per heavy atom. The topological polar surface area (TPSA) is 77.2 Å². The molecule has 0 saturated carbocycles. The molecule has 0 aliphatic carbocycles. The Labute approximate surface area is 133 Å². The van der Waals surface area contributed by atoms with Gasteiger partial charge in [0.2, 0.25) is 0 Å². The van der Waals surface area contributed by atoms with Crippen molar-refractivity contribution in [3.05, 3.63) is 58.9 Å². The summed E-state index contributed by atoms with van der Waals surface area (Å²) in [7, 11) is -0.834. The number of hydrogen-bond acceptors (Lipinski definition) is 5.